The number of hydrogen-bond donors (Lipinski definition) is 1. The Hall–Kier alpha value is -1.08. The van der Waals surface area contributed by atoms with Crippen molar-refractivity contribution in [1.29, 1.82) is 5.26 Å². The maximum absolute atomic E-state index is 8.75. The van der Waals surface area contributed by atoms with Gasteiger partial charge in [0.2, 0.25) is 0 Å². The largest absolute Gasteiger partial charge is 0.313 e. The van der Waals surface area contributed by atoms with E-state index in [0.717, 1.165) is 18.7 Å². The van der Waals surface area contributed by atoms with Crippen LogP contribution >= 0.6 is 12.4 Å². The summed E-state index contributed by atoms with van der Waals surface area (Å²) < 4.78 is 0. The maximum atomic E-state index is 8.75. The van der Waals surface area contributed by atoms with Crippen molar-refractivity contribution < 1.29 is 0 Å². The Labute approximate surface area is 142 Å². The molecule has 0 aliphatic rings. The Bertz CT molecular complexity index is 405. The topological polar surface area (TPSA) is 39.1 Å². The first kappa shape index (κ1) is 20.9. The Kier molecular flexibility index (Phi) is 12.9. The van der Waals surface area contributed by atoms with E-state index >= 15 is 0 Å². The molecule has 0 radical (unpaired) electrons. The molecule has 1 aromatic carbocycles. The molecule has 3 nitrogen and oxygen atoms in total. The van der Waals surface area contributed by atoms with Gasteiger partial charge in [-0.25, -0.2) is 0 Å². The van der Waals surface area contributed by atoms with Crippen molar-refractivity contribution in [2.75, 3.05) is 26.2 Å². The lowest BCUT2D eigenvalue weighted by molar-refractivity contribution is 0.268. The predicted molar refractivity (Wildman–Crippen MR) is 96.4 cm³/mol. The minimum atomic E-state index is 0. The number of nitrogens with one attached hydrogen (secondary N) is 1. The van der Waals surface area contributed by atoms with Gasteiger partial charge in [0.25, 0.3) is 0 Å². The fourth-order valence-corrected chi connectivity index (χ4v) is 2.48. The zero-order chi connectivity index (χ0) is 15.3. The first-order valence-corrected chi connectivity index (χ1v) is 8.22. The van der Waals surface area contributed by atoms with Gasteiger partial charge in [0.15, 0.2) is 0 Å². The molecule has 0 unspecified atom stereocenters. The highest BCUT2D eigenvalue weighted by molar-refractivity contribution is 5.85. The molecule has 0 aromatic heterocycles. The smallest absolute Gasteiger partial charge is 0.0991 e. The second-order valence-electron chi connectivity index (χ2n) is 5.53. The van der Waals surface area contributed by atoms with Gasteiger partial charge in [-0.05, 0) is 69.6 Å². The van der Waals surface area contributed by atoms with Crippen molar-refractivity contribution >= 4 is 12.4 Å². The molecule has 0 bridgehead atoms. The minimum Gasteiger partial charge on any atom is -0.313 e. The van der Waals surface area contributed by atoms with Crippen LogP contribution in [-0.4, -0.2) is 31.1 Å². The number of hydrogen-bond acceptors (Lipinski definition) is 3. The van der Waals surface area contributed by atoms with Gasteiger partial charge < -0.3 is 10.2 Å². The van der Waals surface area contributed by atoms with Crippen LogP contribution in [0.25, 0.3) is 0 Å². The molecule has 22 heavy (non-hydrogen) atoms. The van der Waals surface area contributed by atoms with E-state index in [0.29, 0.717) is 0 Å². The van der Waals surface area contributed by atoms with Crippen LogP contribution < -0.4 is 5.32 Å². The molecule has 124 valence electrons. The Balaban J connectivity index is 0.00000441. The lowest BCUT2D eigenvalue weighted by atomic mass is 10.1. The standard InChI is InChI=1S/C18H29N3.ClH/c1-3-12-21(13-4-2)14-6-5-11-20-16-18-9-7-17(15-19)8-10-18;/h7-10,20H,3-6,11-14,16H2,1-2H3;1H. The molecule has 0 saturated heterocycles. The Morgan fingerprint density at radius 3 is 2.18 bits per heavy atom. The third-order valence-corrected chi connectivity index (χ3v) is 3.57. The average Bonchev–Trinajstić information content (AvgIpc) is 2.51. The van der Waals surface area contributed by atoms with E-state index in [1.165, 1.54) is 50.9 Å². The number of unbranched alkanes of at least 4 members (excludes halogenated alkanes) is 1. The number of benzene rings is 1. The van der Waals surface area contributed by atoms with Crippen LogP contribution in [0.3, 0.4) is 0 Å². The van der Waals surface area contributed by atoms with E-state index in [9.17, 15) is 0 Å². The molecule has 1 N–H and O–H groups in total. The Morgan fingerprint density at radius 1 is 1.00 bits per heavy atom. The maximum Gasteiger partial charge on any atom is 0.0991 e. The highest BCUT2D eigenvalue weighted by Gasteiger charge is 2.01. The van der Waals surface area contributed by atoms with Crippen molar-refractivity contribution in [3.8, 4) is 6.07 Å². The van der Waals surface area contributed by atoms with Gasteiger partial charge in [-0.3, -0.25) is 0 Å². The van der Waals surface area contributed by atoms with Crippen molar-refractivity contribution in [2.24, 2.45) is 0 Å². The molecule has 0 atom stereocenters. The Morgan fingerprint density at radius 2 is 1.64 bits per heavy atom. The lowest BCUT2D eigenvalue weighted by Crippen LogP contribution is -2.27. The van der Waals surface area contributed by atoms with Crippen LogP contribution in [0.5, 0.6) is 0 Å². The quantitative estimate of drug-likeness (QED) is 0.626. The zero-order valence-corrected chi connectivity index (χ0v) is 14.8. The van der Waals surface area contributed by atoms with E-state index in [2.05, 4.69) is 30.1 Å². The van der Waals surface area contributed by atoms with Crippen molar-refractivity contribution in [3.05, 3.63) is 35.4 Å². The molecule has 4 heteroatoms. The molecular weight excluding hydrogens is 294 g/mol. The summed E-state index contributed by atoms with van der Waals surface area (Å²) in [6.45, 7) is 10.1. The molecule has 1 rings (SSSR count). The van der Waals surface area contributed by atoms with Gasteiger partial charge in [-0.2, -0.15) is 5.26 Å². The first-order chi connectivity index (χ1) is 10.3. The highest BCUT2D eigenvalue weighted by Crippen LogP contribution is 2.03. The highest BCUT2D eigenvalue weighted by atomic mass is 35.5. The summed E-state index contributed by atoms with van der Waals surface area (Å²) in [5.41, 5.74) is 1.97. The molecular formula is C18H30ClN3. The second-order valence-corrected chi connectivity index (χ2v) is 5.53. The molecule has 0 heterocycles. The van der Waals surface area contributed by atoms with Crippen LogP contribution in [0.1, 0.15) is 50.7 Å². The zero-order valence-electron chi connectivity index (χ0n) is 14.0. The fraction of sp³-hybridized carbons (Fsp3) is 0.611. The van der Waals surface area contributed by atoms with Gasteiger partial charge in [-0.1, -0.05) is 26.0 Å². The SMILES string of the molecule is CCCN(CCC)CCCCNCc1ccc(C#N)cc1.Cl. The van der Waals surface area contributed by atoms with E-state index in [-0.39, 0.29) is 12.4 Å². The van der Waals surface area contributed by atoms with Gasteiger partial charge in [0.05, 0.1) is 11.6 Å². The third-order valence-electron chi connectivity index (χ3n) is 3.57. The second kappa shape index (κ2) is 13.6. The number of rotatable bonds is 11. The van der Waals surface area contributed by atoms with E-state index in [1.54, 1.807) is 0 Å². The molecule has 0 saturated carbocycles. The van der Waals surface area contributed by atoms with Gasteiger partial charge in [0.1, 0.15) is 0 Å². The molecule has 0 fully saturated rings. The van der Waals surface area contributed by atoms with Gasteiger partial charge >= 0.3 is 0 Å². The van der Waals surface area contributed by atoms with Crippen LogP contribution in [-0.2, 0) is 6.54 Å². The summed E-state index contributed by atoms with van der Waals surface area (Å²) in [5, 5.41) is 12.2. The molecule has 0 spiro atoms. The number of halogens is 1. The van der Waals surface area contributed by atoms with Crippen molar-refractivity contribution in [2.45, 2.75) is 46.1 Å². The van der Waals surface area contributed by atoms with Gasteiger partial charge in [0, 0.05) is 6.54 Å². The first-order valence-electron chi connectivity index (χ1n) is 8.22. The van der Waals surface area contributed by atoms with Crippen molar-refractivity contribution in [1.82, 2.24) is 10.2 Å². The monoisotopic (exact) mass is 323 g/mol. The van der Waals surface area contributed by atoms with E-state index in [1.807, 2.05) is 24.3 Å². The van der Waals surface area contributed by atoms with Crippen LogP contribution in [0, 0.1) is 11.3 Å². The van der Waals surface area contributed by atoms with Crippen molar-refractivity contribution in [3.63, 3.8) is 0 Å². The fourth-order valence-electron chi connectivity index (χ4n) is 2.48. The normalized spacial score (nSPS) is 10.3. The van der Waals surface area contributed by atoms with Gasteiger partial charge in [-0.15, -0.1) is 12.4 Å². The summed E-state index contributed by atoms with van der Waals surface area (Å²) >= 11 is 0. The summed E-state index contributed by atoms with van der Waals surface area (Å²) in [7, 11) is 0. The van der Waals surface area contributed by atoms with Crippen LogP contribution in [0.2, 0.25) is 0 Å². The summed E-state index contributed by atoms with van der Waals surface area (Å²) in [6, 6.07) is 9.95. The summed E-state index contributed by atoms with van der Waals surface area (Å²) in [5.74, 6) is 0. The molecule has 0 aliphatic carbocycles. The lowest BCUT2D eigenvalue weighted by Gasteiger charge is -2.20. The average molecular weight is 324 g/mol. The summed E-state index contributed by atoms with van der Waals surface area (Å²) in [4.78, 5) is 2.57. The molecule has 1 aromatic rings. The predicted octanol–water partition coefficient (Wildman–Crippen LogP) is 3.97. The number of nitrogens with zero attached hydrogens (tertiary/aromatic N) is 2. The summed E-state index contributed by atoms with van der Waals surface area (Å²) in [6.07, 6.45) is 4.98. The van der Waals surface area contributed by atoms with E-state index in [4.69, 9.17) is 5.26 Å². The molecule has 0 amide bonds. The van der Waals surface area contributed by atoms with Crippen LogP contribution in [0.15, 0.2) is 24.3 Å². The number of nitriles is 1. The van der Waals surface area contributed by atoms with E-state index < -0.39 is 0 Å². The van der Waals surface area contributed by atoms with Crippen LogP contribution in [0.4, 0.5) is 0 Å². The minimum absolute atomic E-state index is 0. The molecule has 0 aliphatic heterocycles. The third kappa shape index (κ3) is 9.04.